The van der Waals surface area contributed by atoms with Crippen LogP contribution in [0.1, 0.15) is 15.9 Å². The number of nitrogens with one attached hydrogen (secondary N) is 1. The molecule has 0 radical (unpaired) electrons. The Kier molecular flexibility index (Phi) is 3.68. The zero-order valence-electron chi connectivity index (χ0n) is 11.8. The van der Waals surface area contributed by atoms with E-state index in [1.165, 1.54) is 6.07 Å². The molecule has 0 aliphatic carbocycles. The molecule has 3 rings (SSSR count). The number of hydrogen-bond acceptors (Lipinski definition) is 5. The molecule has 6 nitrogen and oxygen atoms in total. The molecule has 1 heterocycles. The number of carbonyl (C=O) groups is 1. The lowest BCUT2D eigenvalue weighted by Crippen LogP contribution is -2.48. The summed E-state index contributed by atoms with van der Waals surface area (Å²) in [6.45, 7) is 0. The summed E-state index contributed by atoms with van der Waals surface area (Å²) in [5, 5.41) is 1.81. The maximum atomic E-state index is 13.8. The molecule has 0 aromatic heterocycles. The van der Waals surface area contributed by atoms with Gasteiger partial charge in [0.05, 0.1) is 0 Å². The number of hydrogen-bond donors (Lipinski definition) is 3. The number of benzene rings is 2. The predicted molar refractivity (Wildman–Crippen MR) is 79.2 cm³/mol. The van der Waals surface area contributed by atoms with Gasteiger partial charge in [-0.1, -0.05) is 36.4 Å². The second-order valence-electron chi connectivity index (χ2n) is 4.81. The fourth-order valence-electron chi connectivity index (χ4n) is 2.29. The highest BCUT2D eigenvalue weighted by Gasteiger charge is 2.34. The van der Waals surface area contributed by atoms with E-state index in [1.807, 2.05) is 0 Å². The van der Waals surface area contributed by atoms with Crippen LogP contribution in [0.4, 0.5) is 8.78 Å². The Labute approximate surface area is 130 Å². The number of amides is 1. The van der Waals surface area contributed by atoms with E-state index in [1.54, 1.807) is 30.3 Å². The van der Waals surface area contributed by atoms with Gasteiger partial charge >= 0.3 is 0 Å². The number of hydrazine groups is 3. The molecule has 8 heteroatoms. The van der Waals surface area contributed by atoms with Gasteiger partial charge in [-0.05, 0) is 12.1 Å². The zero-order chi connectivity index (χ0) is 16.6. The van der Waals surface area contributed by atoms with E-state index in [-0.39, 0.29) is 5.82 Å². The summed E-state index contributed by atoms with van der Waals surface area (Å²) in [6.07, 6.45) is 0. The van der Waals surface area contributed by atoms with Crippen molar-refractivity contribution in [1.29, 1.82) is 0 Å². The van der Waals surface area contributed by atoms with Crippen LogP contribution in [0, 0.1) is 11.6 Å². The molecule has 2 aromatic carbocycles. The van der Waals surface area contributed by atoms with Gasteiger partial charge in [0, 0.05) is 5.56 Å². The highest BCUT2D eigenvalue weighted by molar-refractivity contribution is 5.96. The van der Waals surface area contributed by atoms with Gasteiger partial charge in [-0.3, -0.25) is 4.79 Å². The zero-order valence-corrected chi connectivity index (χ0v) is 11.8. The number of nitrogens with two attached hydrogens (primary N) is 2. The van der Waals surface area contributed by atoms with Crippen LogP contribution in [0.5, 0.6) is 0 Å². The van der Waals surface area contributed by atoms with Gasteiger partial charge in [0.2, 0.25) is 0 Å². The number of carbonyl (C=O) groups excluding carboxylic acids is 1. The van der Waals surface area contributed by atoms with Crippen molar-refractivity contribution in [3.63, 3.8) is 0 Å². The molecule has 118 valence electrons. The largest absolute Gasteiger partial charge is 0.382 e. The van der Waals surface area contributed by atoms with E-state index in [0.717, 1.165) is 22.3 Å². The van der Waals surface area contributed by atoms with Crippen LogP contribution in [-0.4, -0.2) is 16.0 Å². The first-order valence-corrected chi connectivity index (χ1v) is 6.65. The van der Waals surface area contributed by atoms with E-state index in [9.17, 15) is 13.6 Å². The minimum Gasteiger partial charge on any atom is -0.382 e. The Hall–Kier alpha value is -2.97. The minimum atomic E-state index is -0.987. The standard InChI is InChI=1S/C15H13F2N5O/c16-10-7-4-8-11(17)12(10)15(23)21-14(18)13(22(19)20-21)9-5-2-1-3-6-9/h1-8,20H,18-19H2. The van der Waals surface area contributed by atoms with Crippen LogP contribution >= 0.6 is 0 Å². The lowest BCUT2D eigenvalue weighted by atomic mass is 10.1. The van der Waals surface area contributed by atoms with E-state index < -0.39 is 23.1 Å². The summed E-state index contributed by atoms with van der Waals surface area (Å²) in [7, 11) is 0. The molecule has 0 bridgehead atoms. The Bertz CT molecular complexity index is 773. The second-order valence-corrected chi connectivity index (χ2v) is 4.81. The monoisotopic (exact) mass is 317 g/mol. The third-order valence-electron chi connectivity index (χ3n) is 3.36. The highest BCUT2D eigenvalue weighted by Crippen LogP contribution is 2.26. The van der Waals surface area contributed by atoms with Crippen molar-refractivity contribution in [2.24, 2.45) is 11.6 Å². The van der Waals surface area contributed by atoms with E-state index in [4.69, 9.17) is 11.6 Å². The van der Waals surface area contributed by atoms with Crippen molar-refractivity contribution in [3.8, 4) is 0 Å². The summed E-state index contributed by atoms with van der Waals surface area (Å²) in [5.74, 6) is 2.77. The van der Waals surface area contributed by atoms with Crippen molar-refractivity contribution in [3.05, 3.63) is 77.1 Å². The number of halogens is 2. The highest BCUT2D eigenvalue weighted by atomic mass is 19.1. The van der Waals surface area contributed by atoms with Gasteiger partial charge in [-0.25, -0.2) is 24.8 Å². The molecule has 23 heavy (non-hydrogen) atoms. The van der Waals surface area contributed by atoms with Crippen LogP contribution in [0.3, 0.4) is 0 Å². The smallest absolute Gasteiger partial charge is 0.281 e. The Balaban J connectivity index is 2.02. The molecule has 0 saturated carbocycles. The van der Waals surface area contributed by atoms with Crippen LogP contribution in [0.15, 0.2) is 54.4 Å². The molecule has 0 unspecified atom stereocenters. The molecule has 0 spiro atoms. The summed E-state index contributed by atoms with van der Waals surface area (Å²) in [5.41, 5.74) is 8.65. The first-order valence-electron chi connectivity index (χ1n) is 6.65. The second kappa shape index (κ2) is 5.67. The molecule has 2 aromatic rings. The molecule has 0 atom stereocenters. The van der Waals surface area contributed by atoms with E-state index >= 15 is 0 Å². The quantitative estimate of drug-likeness (QED) is 0.727. The fraction of sp³-hybridized carbons (Fsp3) is 0. The first kappa shape index (κ1) is 14.9. The van der Waals surface area contributed by atoms with Gasteiger partial charge in [-0.15, -0.1) is 5.53 Å². The topological polar surface area (TPSA) is 87.6 Å². The van der Waals surface area contributed by atoms with Crippen LogP contribution in [0.25, 0.3) is 5.70 Å². The summed E-state index contributed by atoms with van der Waals surface area (Å²) >= 11 is 0. The summed E-state index contributed by atoms with van der Waals surface area (Å²) < 4.78 is 27.6. The van der Waals surface area contributed by atoms with Gasteiger partial charge in [0.25, 0.3) is 5.91 Å². The Morgan fingerprint density at radius 1 is 1.00 bits per heavy atom. The lowest BCUT2D eigenvalue weighted by molar-refractivity contribution is 0.0605. The minimum absolute atomic E-state index is 0.0636. The van der Waals surface area contributed by atoms with Gasteiger partial charge < -0.3 is 5.73 Å². The Morgan fingerprint density at radius 3 is 2.22 bits per heavy atom. The van der Waals surface area contributed by atoms with Gasteiger partial charge in [0.15, 0.2) is 5.82 Å². The maximum Gasteiger partial charge on any atom is 0.281 e. The van der Waals surface area contributed by atoms with Gasteiger partial charge in [0.1, 0.15) is 22.9 Å². The summed E-state index contributed by atoms with van der Waals surface area (Å²) in [6, 6.07) is 12.0. The van der Waals surface area contributed by atoms with E-state index in [0.29, 0.717) is 11.3 Å². The lowest BCUT2D eigenvalue weighted by Gasteiger charge is -2.19. The predicted octanol–water partition coefficient (Wildman–Crippen LogP) is 1.30. The van der Waals surface area contributed by atoms with Crippen molar-refractivity contribution < 1.29 is 13.6 Å². The van der Waals surface area contributed by atoms with E-state index in [2.05, 4.69) is 5.53 Å². The molecule has 0 fully saturated rings. The molecule has 1 aliphatic rings. The first-order chi connectivity index (χ1) is 11.0. The van der Waals surface area contributed by atoms with Crippen molar-refractivity contribution in [1.82, 2.24) is 15.7 Å². The van der Waals surface area contributed by atoms with Crippen LogP contribution < -0.4 is 17.1 Å². The summed E-state index contributed by atoms with van der Waals surface area (Å²) in [4.78, 5) is 12.4. The normalized spacial score (nSPS) is 14.6. The number of nitrogens with zero attached hydrogens (tertiary/aromatic N) is 2. The van der Waals surface area contributed by atoms with Crippen molar-refractivity contribution in [2.75, 3.05) is 0 Å². The fourth-order valence-corrected chi connectivity index (χ4v) is 2.29. The Morgan fingerprint density at radius 2 is 1.61 bits per heavy atom. The third kappa shape index (κ3) is 2.50. The molecule has 1 aliphatic heterocycles. The third-order valence-corrected chi connectivity index (χ3v) is 3.36. The number of rotatable bonds is 2. The average Bonchev–Trinajstić information content (AvgIpc) is 2.82. The molecule has 1 amide bonds. The SMILES string of the molecule is NC1=C(c2ccccc2)N(N)NN1C(=O)c1c(F)cccc1F. The average molecular weight is 317 g/mol. The van der Waals surface area contributed by atoms with Crippen LogP contribution in [0.2, 0.25) is 0 Å². The van der Waals surface area contributed by atoms with Crippen LogP contribution in [-0.2, 0) is 0 Å². The van der Waals surface area contributed by atoms with Gasteiger partial charge in [-0.2, -0.15) is 0 Å². The molecule has 5 N–H and O–H groups in total. The van der Waals surface area contributed by atoms with Crippen molar-refractivity contribution >= 4 is 11.6 Å². The molecule has 0 saturated heterocycles. The molecular formula is C15H13F2N5O. The molecular weight excluding hydrogens is 304 g/mol. The maximum absolute atomic E-state index is 13.8. The van der Waals surface area contributed by atoms with Crippen molar-refractivity contribution in [2.45, 2.75) is 0 Å².